The predicted molar refractivity (Wildman–Crippen MR) is 58.1 cm³/mol. The smallest absolute Gasteiger partial charge is 1.00 e. The Labute approximate surface area is 125 Å². The topological polar surface area (TPSA) is 0 Å². The molecule has 0 amide bonds. The largest absolute Gasteiger partial charge is 3.00 e. The van der Waals surface area contributed by atoms with Gasteiger partial charge in [-0.25, -0.2) is 0 Å². The molecule has 0 N–H and O–H groups in total. The van der Waals surface area contributed by atoms with E-state index in [-0.39, 0.29) is 46.5 Å². The van der Waals surface area contributed by atoms with Crippen LogP contribution < -0.4 is 24.8 Å². The summed E-state index contributed by atoms with van der Waals surface area (Å²) in [6, 6.07) is 13.2. The Morgan fingerprint density at radius 3 is 2.31 bits per heavy atom. The van der Waals surface area contributed by atoms with Crippen LogP contribution in [0.1, 0.15) is 19.4 Å². The molecule has 0 aromatic heterocycles. The zero-order chi connectivity index (χ0) is 9.26. The van der Waals surface area contributed by atoms with E-state index in [9.17, 15) is 0 Å². The third kappa shape index (κ3) is 4.55. The zero-order valence-electron chi connectivity index (χ0n) is 9.50. The minimum Gasteiger partial charge on any atom is -1.00 e. The fourth-order valence-corrected chi connectivity index (χ4v) is 1.80. The molecule has 0 aliphatic carbocycles. The van der Waals surface area contributed by atoms with Gasteiger partial charge in [-0.3, -0.25) is 0 Å². The van der Waals surface area contributed by atoms with E-state index in [0.717, 1.165) is 5.92 Å². The van der Waals surface area contributed by atoms with Gasteiger partial charge in [0.25, 0.3) is 0 Å². The Morgan fingerprint density at radius 1 is 1.12 bits per heavy atom. The van der Waals surface area contributed by atoms with Gasteiger partial charge in [0.15, 0.2) is 0 Å². The SMILES string of the molecule is CC(C)Cc1cc2ccccc2[cH-]1.[Cl-].[Cl-].[Ti+3]. The predicted octanol–water partition coefficient (Wildman–Crippen LogP) is -2.24. The minimum atomic E-state index is 0. The zero-order valence-corrected chi connectivity index (χ0v) is 12.6. The van der Waals surface area contributed by atoms with Crippen molar-refractivity contribution in [1.29, 1.82) is 0 Å². The molecule has 0 heterocycles. The molecule has 0 spiro atoms. The van der Waals surface area contributed by atoms with Crippen molar-refractivity contribution in [2.75, 3.05) is 0 Å². The molecule has 2 aromatic carbocycles. The quantitative estimate of drug-likeness (QED) is 0.433. The fraction of sp³-hybridized carbons (Fsp3) is 0.308. The molecular weight excluding hydrogens is 275 g/mol. The van der Waals surface area contributed by atoms with Crippen molar-refractivity contribution in [2.45, 2.75) is 20.3 Å². The minimum absolute atomic E-state index is 0. The summed E-state index contributed by atoms with van der Waals surface area (Å²) in [5.41, 5.74) is 1.47. The first-order chi connectivity index (χ1) is 6.25. The first-order valence-electron chi connectivity index (χ1n) is 4.90. The molecule has 0 aliphatic rings. The first kappa shape index (κ1) is 18.5. The second-order valence-electron chi connectivity index (χ2n) is 4.09. The summed E-state index contributed by atoms with van der Waals surface area (Å²) in [4.78, 5) is 0. The van der Waals surface area contributed by atoms with Crippen molar-refractivity contribution in [3.63, 3.8) is 0 Å². The number of halogens is 2. The van der Waals surface area contributed by atoms with Crippen LogP contribution in [0.5, 0.6) is 0 Å². The second kappa shape index (κ2) is 8.25. The van der Waals surface area contributed by atoms with Gasteiger partial charge in [-0.05, 0) is 12.3 Å². The van der Waals surface area contributed by atoms with Gasteiger partial charge in [0.05, 0.1) is 0 Å². The first-order valence-corrected chi connectivity index (χ1v) is 4.90. The summed E-state index contributed by atoms with van der Waals surface area (Å²) in [6.07, 6.45) is 1.19. The van der Waals surface area contributed by atoms with Crippen LogP contribution in [0.25, 0.3) is 10.8 Å². The average Bonchev–Trinajstić information content (AvgIpc) is 2.44. The molecule has 0 fully saturated rings. The standard InChI is InChI=1S/C13H15.2ClH.Ti/c1-10(2)7-11-8-12-5-3-4-6-13(12)9-11;;;/h3-6,8-10H,7H2,1-2H3;2*1H;/q-1;;;+3/p-2. The second-order valence-corrected chi connectivity index (χ2v) is 4.09. The molecular formula is C13H15Cl2Ti. The van der Waals surface area contributed by atoms with Gasteiger partial charge < -0.3 is 24.8 Å². The van der Waals surface area contributed by atoms with Crippen LogP contribution >= 0.6 is 0 Å². The van der Waals surface area contributed by atoms with Gasteiger partial charge >= 0.3 is 21.7 Å². The van der Waals surface area contributed by atoms with Crippen LogP contribution in [0.2, 0.25) is 0 Å². The number of fused-ring (bicyclic) bond motifs is 1. The molecule has 16 heavy (non-hydrogen) atoms. The maximum atomic E-state index is 2.30. The maximum absolute atomic E-state index is 2.30. The molecule has 0 nitrogen and oxygen atoms in total. The van der Waals surface area contributed by atoms with Crippen LogP contribution in [0, 0.1) is 5.92 Å². The molecule has 0 saturated heterocycles. The molecule has 0 saturated carbocycles. The number of hydrogen-bond acceptors (Lipinski definition) is 0. The Bertz CT molecular complexity index is 374. The van der Waals surface area contributed by atoms with E-state index in [4.69, 9.17) is 0 Å². The van der Waals surface area contributed by atoms with Crippen molar-refractivity contribution in [3.05, 3.63) is 42.0 Å². The summed E-state index contributed by atoms with van der Waals surface area (Å²) < 4.78 is 0. The molecule has 0 atom stereocenters. The molecule has 0 aliphatic heterocycles. The molecule has 0 unspecified atom stereocenters. The average molecular weight is 290 g/mol. The maximum Gasteiger partial charge on any atom is 3.00 e. The van der Waals surface area contributed by atoms with Crippen LogP contribution in [0.3, 0.4) is 0 Å². The fourth-order valence-electron chi connectivity index (χ4n) is 1.80. The summed E-state index contributed by atoms with van der Waals surface area (Å²) in [5.74, 6) is 0.747. The Morgan fingerprint density at radius 2 is 1.75 bits per heavy atom. The van der Waals surface area contributed by atoms with Crippen molar-refractivity contribution in [1.82, 2.24) is 0 Å². The summed E-state index contributed by atoms with van der Waals surface area (Å²) in [7, 11) is 0. The van der Waals surface area contributed by atoms with Gasteiger partial charge in [-0.2, -0.15) is 6.07 Å². The Kier molecular flexibility index (Phi) is 9.53. The molecule has 2 aromatic rings. The molecule has 2 rings (SSSR count). The van der Waals surface area contributed by atoms with E-state index in [1.54, 1.807) is 0 Å². The molecule has 3 heteroatoms. The van der Waals surface area contributed by atoms with Crippen molar-refractivity contribution in [3.8, 4) is 0 Å². The molecule has 1 radical (unpaired) electrons. The third-order valence-electron chi connectivity index (χ3n) is 2.32. The van der Waals surface area contributed by atoms with Gasteiger partial charge in [-0.1, -0.05) is 19.9 Å². The van der Waals surface area contributed by atoms with Gasteiger partial charge in [0.1, 0.15) is 0 Å². The molecule has 0 bridgehead atoms. The monoisotopic (exact) mass is 289 g/mol. The van der Waals surface area contributed by atoms with Crippen molar-refractivity contribution >= 4 is 10.8 Å². The van der Waals surface area contributed by atoms with E-state index in [1.807, 2.05) is 0 Å². The van der Waals surface area contributed by atoms with Crippen molar-refractivity contribution < 1.29 is 46.5 Å². The van der Waals surface area contributed by atoms with E-state index >= 15 is 0 Å². The van der Waals surface area contributed by atoms with Crippen molar-refractivity contribution in [2.24, 2.45) is 5.92 Å². The van der Waals surface area contributed by atoms with Crippen LogP contribution in [-0.2, 0) is 28.1 Å². The normalized spacial score (nSPS) is 9.19. The number of benzene rings is 1. The van der Waals surface area contributed by atoms with Crippen LogP contribution in [0.4, 0.5) is 0 Å². The van der Waals surface area contributed by atoms with E-state index in [1.165, 1.54) is 22.8 Å². The Hall–Kier alpha value is 0.124. The van der Waals surface area contributed by atoms with E-state index in [2.05, 4.69) is 50.2 Å². The van der Waals surface area contributed by atoms with Crippen LogP contribution in [-0.4, -0.2) is 0 Å². The molecule has 85 valence electrons. The summed E-state index contributed by atoms with van der Waals surface area (Å²) in [5, 5.41) is 2.75. The van der Waals surface area contributed by atoms with E-state index < -0.39 is 0 Å². The summed E-state index contributed by atoms with van der Waals surface area (Å²) >= 11 is 0. The van der Waals surface area contributed by atoms with Gasteiger partial charge in [0, 0.05) is 0 Å². The summed E-state index contributed by atoms with van der Waals surface area (Å²) in [6.45, 7) is 4.52. The van der Waals surface area contributed by atoms with Gasteiger partial charge in [-0.15, -0.1) is 40.6 Å². The van der Waals surface area contributed by atoms with Gasteiger partial charge in [0.2, 0.25) is 0 Å². The number of hydrogen-bond donors (Lipinski definition) is 0. The Balaban J connectivity index is 0. The third-order valence-corrected chi connectivity index (χ3v) is 2.32. The van der Waals surface area contributed by atoms with Crippen LogP contribution in [0.15, 0.2) is 36.4 Å². The van der Waals surface area contributed by atoms with E-state index in [0.29, 0.717) is 0 Å². The number of rotatable bonds is 2.